The van der Waals surface area contributed by atoms with Gasteiger partial charge < -0.3 is 30.3 Å². The van der Waals surface area contributed by atoms with Crippen LogP contribution >= 0.6 is 11.6 Å². The summed E-state index contributed by atoms with van der Waals surface area (Å²) in [6.07, 6.45) is 0.637. The van der Waals surface area contributed by atoms with Crippen LogP contribution in [0.25, 0.3) is 0 Å². The molecule has 3 aromatic carbocycles. The quantitative estimate of drug-likeness (QED) is 0.244. The van der Waals surface area contributed by atoms with E-state index in [4.69, 9.17) is 22.1 Å². The molecule has 4 aliphatic heterocycles. The third kappa shape index (κ3) is 8.34. The van der Waals surface area contributed by atoms with Crippen LogP contribution in [0.5, 0.6) is 5.75 Å². The maximum absolute atomic E-state index is 13.6. The Morgan fingerprint density at radius 1 is 0.828 bits per heavy atom. The minimum Gasteiger partial charge on any atom is -0.489 e. The molecule has 3 N–H and O–H groups in total. The lowest BCUT2D eigenvalue weighted by Gasteiger charge is -2.63. The molecule has 8 rings (SSSR count). The summed E-state index contributed by atoms with van der Waals surface area (Å²) in [4.78, 5) is 85.9. The Bertz CT molecular complexity index is 2400. The summed E-state index contributed by atoms with van der Waals surface area (Å²) in [7, 11) is 0. The maximum Gasteiger partial charge on any atom is 0.406 e. The summed E-state index contributed by atoms with van der Waals surface area (Å²) in [6, 6.07) is 18.8. The van der Waals surface area contributed by atoms with E-state index in [9.17, 15) is 34.0 Å². The number of fused-ring (bicyclic) bond motifs is 1. The van der Waals surface area contributed by atoms with Gasteiger partial charge in [-0.05, 0) is 79.8 Å². The summed E-state index contributed by atoms with van der Waals surface area (Å²) in [5, 5.41) is 12.9. The number of anilines is 2. The van der Waals surface area contributed by atoms with Gasteiger partial charge >= 0.3 is 6.09 Å². The molecule has 17 heteroatoms. The monoisotopic (exact) mass is 892 g/mol. The molecule has 1 aliphatic carbocycles. The second-order valence-electron chi connectivity index (χ2n) is 18.6. The van der Waals surface area contributed by atoms with Gasteiger partial charge in [-0.3, -0.25) is 33.8 Å². The van der Waals surface area contributed by atoms with E-state index in [2.05, 4.69) is 58.5 Å². The van der Waals surface area contributed by atoms with Crippen molar-refractivity contribution in [1.82, 2.24) is 20.0 Å². The van der Waals surface area contributed by atoms with Crippen molar-refractivity contribution < 1.29 is 38.2 Å². The van der Waals surface area contributed by atoms with Crippen molar-refractivity contribution in [1.29, 1.82) is 5.26 Å². The molecule has 0 radical (unpaired) electrons. The van der Waals surface area contributed by atoms with Gasteiger partial charge in [0.05, 0.1) is 21.7 Å². The van der Waals surface area contributed by atoms with Gasteiger partial charge in [-0.2, -0.15) is 5.26 Å². The SMILES string of the molecule is CC1(C)C(NC(=O)c2ccc(N3CCC(CN4CCN(c5ccc6c(c5)C(=O)N(C5CCC(=O)N(COC(N)=O)C5=O)C6=O)CC4)CC3)cc2)C(C)(C)C1Oc1ccc(C#N)c(Cl)c1. The van der Waals surface area contributed by atoms with Gasteiger partial charge in [0, 0.05) is 92.1 Å². The Balaban J connectivity index is 0.789. The van der Waals surface area contributed by atoms with E-state index in [0.29, 0.717) is 32.7 Å². The van der Waals surface area contributed by atoms with Crippen molar-refractivity contribution in [3.63, 3.8) is 0 Å². The number of piperazine rings is 1. The summed E-state index contributed by atoms with van der Waals surface area (Å²) >= 11 is 6.26. The number of halogens is 1. The number of amides is 6. The topological polar surface area (TPSA) is 199 Å². The summed E-state index contributed by atoms with van der Waals surface area (Å²) in [5.74, 6) is -1.55. The van der Waals surface area contributed by atoms with Crippen LogP contribution in [0, 0.1) is 28.1 Å². The Morgan fingerprint density at radius 2 is 1.47 bits per heavy atom. The number of rotatable bonds is 11. The van der Waals surface area contributed by atoms with Crippen LogP contribution in [-0.4, -0.2) is 121 Å². The van der Waals surface area contributed by atoms with Gasteiger partial charge in [0.2, 0.25) is 5.91 Å². The van der Waals surface area contributed by atoms with Crippen molar-refractivity contribution in [2.24, 2.45) is 22.5 Å². The summed E-state index contributed by atoms with van der Waals surface area (Å²) in [6.45, 7) is 13.7. The first-order chi connectivity index (χ1) is 30.5. The fraction of sp³-hybridized carbons (Fsp3) is 0.468. The number of ether oxygens (including phenoxy) is 2. The number of nitrogens with one attached hydrogen (secondary N) is 1. The van der Waals surface area contributed by atoms with Gasteiger partial charge in [-0.15, -0.1) is 0 Å². The van der Waals surface area contributed by atoms with Crippen LogP contribution < -0.4 is 25.6 Å². The number of hydrogen-bond acceptors (Lipinski definition) is 12. The van der Waals surface area contributed by atoms with Crippen molar-refractivity contribution >= 4 is 58.6 Å². The molecule has 3 aromatic rings. The number of hydrogen-bond donors (Lipinski definition) is 2. The van der Waals surface area contributed by atoms with Gasteiger partial charge in [-0.25, -0.2) is 9.69 Å². The minimum absolute atomic E-state index is 0.0183. The number of carbonyl (C=O) groups excluding carboxylic acids is 6. The number of nitrogens with two attached hydrogens (primary N) is 1. The highest BCUT2D eigenvalue weighted by atomic mass is 35.5. The van der Waals surface area contributed by atoms with Crippen molar-refractivity contribution in [2.75, 3.05) is 62.3 Å². The Labute approximate surface area is 377 Å². The van der Waals surface area contributed by atoms with Crippen LogP contribution in [0.15, 0.2) is 60.7 Å². The zero-order valence-corrected chi connectivity index (χ0v) is 37.2. The number of carbonyl (C=O) groups is 6. The molecule has 64 heavy (non-hydrogen) atoms. The van der Waals surface area contributed by atoms with E-state index in [1.165, 1.54) is 0 Å². The van der Waals surface area contributed by atoms with Gasteiger partial charge in [-0.1, -0.05) is 39.3 Å². The fourth-order valence-electron chi connectivity index (χ4n) is 10.6. The number of likely N-dealkylation sites (tertiary alicyclic amines) is 1. The standard InChI is InChI=1S/C47H53ClN8O8/c1-46(2)43(47(3,4)44(46)64-33-11-7-30(25-49)36(48)24-33)51-39(58)29-5-8-31(9-6-29)53-17-15-28(16-18-53)26-52-19-21-54(22-20-52)32-10-12-34-35(23-32)41(60)56(40(34)59)37-13-14-38(57)55(42(37)61)27-63-45(50)62/h5-12,23-24,28,37,43-44H,13-22,26-27H2,1-4H3,(H2,50,62)(H,51,58). The summed E-state index contributed by atoms with van der Waals surface area (Å²) in [5.41, 5.74) is 7.61. The Kier molecular flexibility index (Phi) is 12.1. The molecule has 1 atom stereocenters. The van der Waals surface area contributed by atoms with Crippen molar-refractivity contribution in [3.05, 3.63) is 87.9 Å². The predicted octanol–water partition coefficient (Wildman–Crippen LogP) is 5.03. The average Bonchev–Trinajstić information content (AvgIpc) is 3.52. The second kappa shape index (κ2) is 17.4. The zero-order chi connectivity index (χ0) is 45.7. The van der Waals surface area contributed by atoms with Crippen molar-refractivity contribution in [3.8, 4) is 11.8 Å². The first-order valence-electron chi connectivity index (χ1n) is 21.8. The molecule has 336 valence electrons. The molecule has 1 unspecified atom stereocenters. The molecular weight excluding hydrogens is 840 g/mol. The zero-order valence-electron chi connectivity index (χ0n) is 36.5. The van der Waals surface area contributed by atoms with E-state index in [1.807, 2.05) is 30.3 Å². The van der Waals surface area contributed by atoms with E-state index < -0.39 is 42.5 Å². The molecule has 16 nitrogen and oxygen atoms in total. The number of benzene rings is 3. The first-order valence-corrected chi connectivity index (χ1v) is 22.1. The third-order valence-electron chi connectivity index (χ3n) is 13.8. The number of piperidine rings is 2. The molecule has 5 aliphatic rings. The van der Waals surface area contributed by atoms with Crippen LogP contribution in [-0.2, 0) is 14.3 Å². The summed E-state index contributed by atoms with van der Waals surface area (Å²) < 4.78 is 11.0. The largest absolute Gasteiger partial charge is 0.489 e. The smallest absolute Gasteiger partial charge is 0.406 e. The lowest BCUT2D eigenvalue weighted by Crippen LogP contribution is -2.74. The first kappa shape index (κ1) is 44.4. The van der Waals surface area contributed by atoms with Crippen LogP contribution in [0.3, 0.4) is 0 Å². The third-order valence-corrected chi connectivity index (χ3v) is 14.1. The Morgan fingerprint density at radius 3 is 2.11 bits per heavy atom. The Hall–Kier alpha value is -6.18. The molecule has 4 fully saturated rings. The molecule has 0 aromatic heterocycles. The lowest BCUT2D eigenvalue weighted by atomic mass is 9.49. The highest BCUT2D eigenvalue weighted by Crippen LogP contribution is 2.55. The molecule has 6 amide bonds. The highest BCUT2D eigenvalue weighted by molar-refractivity contribution is 6.31. The van der Waals surface area contributed by atoms with Crippen molar-refractivity contribution in [2.45, 2.75) is 71.6 Å². The number of primary amides is 1. The minimum atomic E-state index is -1.20. The normalized spacial score (nSPS) is 23.3. The predicted molar refractivity (Wildman–Crippen MR) is 237 cm³/mol. The average molecular weight is 893 g/mol. The van der Waals surface area contributed by atoms with Crippen LogP contribution in [0.2, 0.25) is 5.02 Å². The number of imide groups is 2. The lowest BCUT2D eigenvalue weighted by molar-refractivity contribution is -0.164. The van der Waals surface area contributed by atoms with E-state index in [0.717, 1.165) is 74.9 Å². The molecule has 1 saturated carbocycles. The molecular formula is C47H53ClN8O8. The highest BCUT2D eigenvalue weighted by Gasteiger charge is 2.64. The second-order valence-corrected chi connectivity index (χ2v) is 19.0. The van der Waals surface area contributed by atoms with Crippen LogP contribution in [0.1, 0.15) is 90.0 Å². The molecule has 3 saturated heterocycles. The van der Waals surface area contributed by atoms with Gasteiger partial charge in [0.15, 0.2) is 6.73 Å². The molecule has 0 spiro atoms. The number of nitriles is 1. The van der Waals surface area contributed by atoms with Gasteiger partial charge in [0.25, 0.3) is 23.6 Å². The maximum atomic E-state index is 13.6. The van der Waals surface area contributed by atoms with E-state index in [1.54, 1.807) is 30.3 Å². The van der Waals surface area contributed by atoms with E-state index >= 15 is 0 Å². The van der Waals surface area contributed by atoms with E-state index in [-0.39, 0.29) is 52.9 Å². The van der Waals surface area contributed by atoms with Crippen LogP contribution in [0.4, 0.5) is 16.2 Å². The molecule has 4 heterocycles. The fourth-order valence-corrected chi connectivity index (χ4v) is 10.8. The van der Waals surface area contributed by atoms with Gasteiger partial charge in [0.1, 0.15) is 24.0 Å². The number of nitrogens with zero attached hydrogens (tertiary/aromatic N) is 6. The molecule has 0 bridgehead atoms.